The molecule has 96 valence electrons. The molecule has 3 rings (SSSR count). The van der Waals surface area contributed by atoms with Crippen LogP contribution in [0.1, 0.15) is 25.7 Å². The maximum absolute atomic E-state index is 6.18. The summed E-state index contributed by atoms with van der Waals surface area (Å²) in [4.78, 5) is 4.29. The Morgan fingerprint density at radius 2 is 2.22 bits per heavy atom. The van der Waals surface area contributed by atoms with E-state index in [0.29, 0.717) is 12.0 Å². The van der Waals surface area contributed by atoms with E-state index in [1.54, 1.807) is 0 Å². The molecule has 0 saturated heterocycles. The standard InChI is InChI=1S/C14H20N4/c15-12-5-2-1-4-11(12)10-17-14-7-3-6-13-16-8-9-18(13)14/h3,6-9,11-12,17H,1-2,4-5,10,15H2. The predicted molar refractivity (Wildman–Crippen MR) is 73.6 cm³/mol. The second-order valence-corrected chi connectivity index (χ2v) is 5.16. The summed E-state index contributed by atoms with van der Waals surface area (Å²) in [5.74, 6) is 1.69. The number of imidazole rings is 1. The van der Waals surface area contributed by atoms with Gasteiger partial charge in [-0.2, -0.15) is 0 Å². The number of fused-ring (bicyclic) bond motifs is 1. The molecular weight excluding hydrogens is 224 g/mol. The molecule has 1 saturated carbocycles. The smallest absolute Gasteiger partial charge is 0.138 e. The van der Waals surface area contributed by atoms with Gasteiger partial charge in [-0.25, -0.2) is 4.98 Å². The van der Waals surface area contributed by atoms with Crippen molar-refractivity contribution in [3.05, 3.63) is 30.6 Å². The molecule has 2 unspecified atom stereocenters. The van der Waals surface area contributed by atoms with Crippen LogP contribution < -0.4 is 11.1 Å². The number of nitrogens with zero attached hydrogens (tertiary/aromatic N) is 2. The van der Waals surface area contributed by atoms with Gasteiger partial charge < -0.3 is 11.1 Å². The Labute approximate surface area is 107 Å². The van der Waals surface area contributed by atoms with E-state index in [0.717, 1.165) is 18.0 Å². The number of nitrogens with two attached hydrogens (primary N) is 1. The molecule has 2 heterocycles. The average molecular weight is 244 g/mol. The summed E-state index contributed by atoms with van der Waals surface area (Å²) < 4.78 is 2.08. The summed E-state index contributed by atoms with van der Waals surface area (Å²) in [6, 6.07) is 6.49. The fourth-order valence-corrected chi connectivity index (χ4v) is 2.82. The third kappa shape index (κ3) is 2.20. The van der Waals surface area contributed by atoms with Crippen LogP contribution in [0.4, 0.5) is 5.82 Å². The lowest BCUT2D eigenvalue weighted by Gasteiger charge is -2.29. The summed E-state index contributed by atoms with van der Waals surface area (Å²) in [6.07, 6.45) is 8.82. The van der Waals surface area contributed by atoms with Gasteiger partial charge in [-0.3, -0.25) is 4.40 Å². The Kier molecular flexibility index (Phi) is 3.19. The van der Waals surface area contributed by atoms with E-state index >= 15 is 0 Å². The molecule has 0 bridgehead atoms. The molecule has 0 aromatic carbocycles. The van der Waals surface area contributed by atoms with Gasteiger partial charge >= 0.3 is 0 Å². The Morgan fingerprint density at radius 1 is 1.33 bits per heavy atom. The second kappa shape index (κ2) is 4.98. The SMILES string of the molecule is NC1CCCCC1CNc1cccc2nccn12. The number of aromatic nitrogens is 2. The van der Waals surface area contributed by atoms with Crippen LogP contribution in [0.2, 0.25) is 0 Å². The zero-order valence-corrected chi connectivity index (χ0v) is 10.5. The fourth-order valence-electron chi connectivity index (χ4n) is 2.82. The minimum Gasteiger partial charge on any atom is -0.371 e. The Bertz CT molecular complexity index is 519. The van der Waals surface area contributed by atoms with Gasteiger partial charge in [0.15, 0.2) is 0 Å². The normalized spacial score (nSPS) is 24.3. The topological polar surface area (TPSA) is 55.3 Å². The maximum Gasteiger partial charge on any atom is 0.138 e. The van der Waals surface area contributed by atoms with Crippen molar-refractivity contribution in [3.8, 4) is 0 Å². The summed E-state index contributed by atoms with van der Waals surface area (Å²) in [5.41, 5.74) is 7.16. The molecule has 4 heteroatoms. The molecule has 0 aliphatic heterocycles. The first-order valence-corrected chi connectivity index (χ1v) is 6.76. The molecule has 2 aromatic rings. The lowest BCUT2D eigenvalue weighted by Crippen LogP contribution is -2.37. The van der Waals surface area contributed by atoms with E-state index in [9.17, 15) is 0 Å². The number of anilines is 1. The van der Waals surface area contributed by atoms with E-state index in [4.69, 9.17) is 5.73 Å². The molecule has 4 nitrogen and oxygen atoms in total. The summed E-state index contributed by atoms with van der Waals surface area (Å²) in [7, 11) is 0. The molecule has 1 fully saturated rings. The number of rotatable bonds is 3. The molecule has 1 aliphatic carbocycles. The van der Waals surface area contributed by atoms with Crippen LogP contribution in [0.5, 0.6) is 0 Å². The average Bonchev–Trinajstić information content (AvgIpc) is 2.86. The van der Waals surface area contributed by atoms with Gasteiger partial charge in [0.05, 0.1) is 0 Å². The molecular formula is C14H20N4. The third-order valence-corrected chi connectivity index (χ3v) is 3.94. The summed E-state index contributed by atoms with van der Waals surface area (Å²) in [6.45, 7) is 0.957. The van der Waals surface area contributed by atoms with Crippen LogP contribution in [-0.2, 0) is 0 Å². The highest BCUT2D eigenvalue weighted by Crippen LogP contribution is 2.23. The van der Waals surface area contributed by atoms with Gasteiger partial charge in [-0.15, -0.1) is 0 Å². The van der Waals surface area contributed by atoms with Crippen LogP contribution in [0, 0.1) is 5.92 Å². The van der Waals surface area contributed by atoms with Crippen molar-refractivity contribution >= 4 is 11.5 Å². The van der Waals surface area contributed by atoms with E-state index in [2.05, 4.69) is 20.8 Å². The predicted octanol–water partition coefficient (Wildman–Crippen LogP) is 2.26. The highest BCUT2D eigenvalue weighted by molar-refractivity contribution is 5.49. The number of hydrogen-bond donors (Lipinski definition) is 2. The maximum atomic E-state index is 6.18. The van der Waals surface area contributed by atoms with Crippen LogP contribution in [0.3, 0.4) is 0 Å². The minimum atomic E-state index is 0.355. The Morgan fingerprint density at radius 3 is 3.11 bits per heavy atom. The number of nitrogens with one attached hydrogen (secondary N) is 1. The zero-order valence-electron chi connectivity index (χ0n) is 10.5. The number of pyridine rings is 1. The highest BCUT2D eigenvalue weighted by atomic mass is 15.1. The van der Waals surface area contributed by atoms with Crippen molar-refractivity contribution in [2.24, 2.45) is 11.7 Å². The largest absolute Gasteiger partial charge is 0.371 e. The number of hydrogen-bond acceptors (Lipinski definition) is 3. The van der Waals surface area contributed by atoms with Crippen LogP contribution in [0.15, 0.2) is 30.6 Å². The van der Waals surface area contributed by atoms with Crippen molar-refractivity contribution in [2.45, 2.75) is 31.7 Å². The van der Waals surface area contributed by atoms with Crippen molar-refractivity contribution in [1.82, 2.24) is 9.38 Å². The van der Waals surface area contributed by atoms with Crippen LogP contribution in [0.25, 0.3) is 5.65 Å². The minimum absolute atomic E-state index is 0.355. The second-order valence-electron chi connectivity index (χ2n) is 5.16. The van der Waals surface area contributed by atoms with Gasteiger partial charge in [0.25, 0.3) is 0 Å². The van der Waals surface area contributed by atoms with Gasteiger partial charge in [0.2, 0.25) is 0 Å². The molecule has 1 aliphatic rings. The lowest BCUT2D eigenvalue weighted by atomic mass is 9.85. The molecule has 18 heavy (non-hydrogen) atoms. The first-order chi connectivity index (χ1) is 8.84. The summed E-state index contributed by atoms with van der Waals surface area (Å²) >= 11 is 0. The molecule has 0 radical (unpaired) electrons. The molecule has 0 amide bonds. The lowest BCUT2D eigenvalue weighted by molar-refractivity contribution is 0.321. The van der Waals surface area contributed by atoms with Crippen LogP contribution in [-0.4, -0.2) is 22.0 Å². The molecule has 0 spiro atoms. The van der Waals surface area contributed by atoms with Crippen molar-refractivity contribution in [1.29, 1.82) is 0 Å². The fraction of sp³-hybridized carbons (Fsp3) is 0.500. The Hall–Kier alpha value is -1.55. The quantitative estimate of drug-likeness (QED) is 0.870. The first-order valence-electron chi connectivity index (χ1n) is 6.76. The molecule has 2 atom stereocenters. The van der Waals surface area contributed by atoms with Gasteiger partial charge in [-0.1, -0.05) is 18.9 Å². The van der Waals surface area contributed by atoms with E-state index in [1.165, 1.54) is 25.7 Å². The monoisotopic (exact) mass is 244 g/mol. The van der Waals surface area contributed by atoms with Gasteiger partial charge in [0, 0.05) is 25.0 Å². The van der Waals surface area contributed by atoms with Crippen molar-refractivity contribution in [3.63, 3.8) is 0 Å². The Balaban J connectivity index is 1.71. The van der Waals surface area contributed by atoms with Crippen molar-refractivity contribution in [2.75, 3.05) is 11.9 Å². The summed E-state index contributed by atoms with van der Waals surface area (Å²) in [5, 5.41) is 3.52. The van der Waals surface area contributed by atoms with Crippen molar-refractivity contribution < 1.29 is 0 Å². The first kappa shape index (κ1) is 11.5. The zero-order chi connectivity index (χ0) is 12.4. The van der Waals surface area contributed by atoms with E-state index < -0.39 is 0 Å². The van der Waals surface area contributed by atoms with E-state index in [-0.39, 0.29) is 0 Å². The van der Waals surface area contributed by atoms with Gasteiger partial charge in [0.1, 0.15) is 11.5 Å². The van der Waals surface area contributed by atoms with E-state index in [1.807, 2.05) is 24.5 Å². The highest BCUT2D eigenvalue weighted by Gasteiger charge is 2.21. The van der Waals surface area contributed by atoms with Gasteiger partial charge in [-0.05, 0) is 30.9 Å². The third-order valence-electron chi connectivity index (χ3n) is 3.94. The molecule has 2 aromatic heterocycles. The van der Waals surface area contributed by atoms with Crippen LogP contribution >= 0.6 is 0 Å². The molecule has 3 N–H and O–H groups in total.